The fraction of sp³-hybridized carbons (Fsp3) is 0.583. The Morgan fingerprint density at radius 2 is 1.58 bits per heavy atom. The van der Waals surface area contributed by atoms with Crippen molar-refractivity contribution in [2.45, 2.75) is 95.9 Å². The molecule has 9 nitrogen and oxygen atoms in total. The molecule has 1 aliphatic carbocycles. The maximum absolute atomic E-state index is 14.1. The molecule has 0 bridgehead atoms. The monoisotopic (exact) mass is 618 g/mol. The number of rotatable bonds is 11. The molecule has 3 aliphatic rings. The number of piperazine rings is 1. The van der Waals surface area contributed by atoms with Gasteiger partial charge in [0, 0.05) is 38.8 Å². The summed E-state index contributed by atoms with van der Waals surface area (Å²) in [7, 11) is 1.60. The lowest BCUT2D eigenvalue weighted by Gasteiger charge is -2.53. The predicted molar refractivity (Wildman–Crippen MR) is 174 cm³/mol. The van der Waals surface area contributed by atoms with Crippen molar-refractivity contribution in [1.29, 1.82) is 0 Å². The van der Waals surface area contributed by atoms with Crippen LogP contribution in [0.4, 0.5) is 0 Å². The van der Waals surface area contributed by atoms with Gasteiger partial charge >= 0.3 is 0 Å². The van der Waals surface area contributed by atoms with Crippen LogP contribution < -0.4 is 15.4 Å². The molecule has 2 aliphatic heterocycles. The number of nitrogens with zero attached hydrogens (tertiary/aromatic N) is 2. The molecule has 0 aromatic heterocycles. The summed E-state index contributed by atoms with van der Waals surface area (Å²) in [6, 6.07) is 14.1. The second kappa shape index (κ2) is 14.8. The molecule has 3 fully saturated rings. The second-order valence-corrected chi connectivity index (χ2v) is 13.1. The van der Waals surface area contributed by atoms with Gasteiger partial charge in [0.05, 0.1) is 6.10 Å². The summed E-state index contributed by atoms with van der Waals surface area (Å²) in [6.07, 6.45) is 7.32. The number of piperidine rings is 1. The van der Waals surface area contributed by atoms with E-state index in [4.69, 9.17) is 4.74 Å². The summed E-state index contributed by atoms with van der Waals surface area (Å²) < 4.78 is 5.97. The Morgan fingerprint density at radius 1 is 0.978 bits per heavy atom. The summed E-state index contributed by atoms with van der Waals surface area (Å²) >= 11 is 0. The molecule has 244 valence electrons. The number of hydrogen-bond acceptors (Lipinski definition) is 6. The van der Waals surface area contributed by atoms with E-state index in [0.717, 1.165) is 50.6 Å². The Kier molecular flexibility index (Phi) is 10.8. The minimum Gasteiger partial charge on any atom is -0.457 e. The van der Waals surface area contributed by atoms with E-state index in [-0.39, 0.29) is 23.6 Å². The summed E-state index contributed by atoms with van der Waals surface area (Å²) in [5.74, 6) is 1.40. The molecule has 3 N–H and O–H groups in total. The van der Waals surface area contributed by atoms with Crippen LogP contribution in [0.2, 0.25) is 0 Å². The zero-order valence-corrected chi connectivity index (χ0v) is 27.1. The number of aliphatic hydroxyl groups is 1. The molecular formula is C36H50N4O5. The molecule has 3 amide bonds. The highest BCUT2D eigenvalue weighted by atomic mass is 16.5. The minimum absolute atomic E-state index is 0.0604. The first-order valence-electron chi connectivity index (χ1n) is 16.9. The Bertz CT molecular complexity index is 1300. The van der Waals surface area contributed by atoms with Gasteiger partial charge in [0.2, 0.25) is 11.8 Å². The van der Waals surface area contributed by atoms with Crippen molar-refractivity contribution in [3.63, 3.8) is 0 Å². The largest absolute Gasteiger partial charge is 0.457 e. The fourth-order valence-corrected chi connectivity index (χ4v) is 7.34. The third-order valence-corrected chi connectivity index (χ3v) is 10.4. The van der Waals surface area contributed by atoms with Gasteiger partial charge < -0.3 is 25.4 Å². The molecule has 2 saturated heterocycles. The maximum atomic E-state index is 14.1. The number of amides is 3. The summed E-state index contributed by atoms with van der Waals surface area (Å²) in [5.41, 5.74) is 0.848. The molecule has 2 aromatic carbocycles. The van der Waals surface area contributed by atoms with Crippen LogP contribution in [0, 0.1) is 11.8 Å². The molecule has 1 saturated carbocycles. The zero-order chi connectivity index (χ0) is 32.0. The Morgan fingerprint density at radius 3 is 2.16 bits per heavy atom. The van der Waals surface area contributed by atoms with Crippen molar-refractivity contribution in [1.82, 2.24) is 20.4 Å². The van der Waals surface area contributed by atoms with Crippen LogP contribution >= 0.6 is 0 Å². The van der Waals surface area contributed by atoms with Crippen LogP contribution in [-0.4, -0.2) is 77.0 Å². The number of nitrogens with one attached hydrogen (secondary N) is 2. The van der Waals surface area contributed by atoms with Crippen molar-refractivity contribution < 1.29 is 24.2 Å². The highest BCUT2D eigenvalue weighted by Crippen LogP contribution is 2.37. The summed E-state index contributed by atoms with van der Waals surface area (Å²) in [5, 5.41) is 16.9. The molecule has 1 spiro atoms. The lowest BCUT2D eigenvalue weighted by Crippen LogP contribution is -2.75. The highest BCUT2D eigenvalue weighted by molar-refractivity contribution is 6.00. The Balaban J connectivity index is 1.22. The minimum atomic E-state index is -0.871. The van der Waals surface area contributed by atoms with Crippen molar-refractivity contribution in [2.24, 2.45) is 11.8 Å². The van der Waals surface area contributed by atoms with Crippen molar-refractivity contribution in [2.75, 3.05) is 26.7 Å². The molecule has 2 heterocycles. The number of aliphatic hydroxyl groups excluding tert-OH is 1. The normalized spacial score (nSPS) is 21.5. The van der Waals surface area contributed by atoms with E-state index in [2.05, 4.69) is 29.4 Å². The van der Waals surface area contributed by atoms with Crippen molar-refractivity contribution in [3.8, 4) is 11.5 Å². The quantitative estimate of drug-likeness (QED) is 0.331. The smallest absolute Gasteiger partial charge is 0.251 e. The van der Waals surface area contributed by atoms with E-state index in [1.165, 1.54) is 6.42 Å². The van der Waals surface area contributed by atoms with E-state index >= 15 is 0 Å². The van der Waals surface area contributed by atoms with Crippen LogP contribution in [0.5, 0.6) is 11.5 Å². The first-order chi connectivity index (χ1) is 21.8. The van der Waals surface area contributed by atoms with Crippen molar-refractivity contribution >= 4 is 17.7 Å². The van der Waals surface area contributed by atoms with E-state index in [9.17, 15) is 19.5 Å². The zero-order valence-electron chi connectivity index (χ0n) is 27.1. The third kappa shape index (κ3) is 7.36. The molecule has 2 atom stereocenters. The number of ether oxygens (including phenoxy) is 1. The van der Waals surface area contributed by atoms with E-state index < -0.39 is 17.7 Å². The van der Waals surface area contributed by atoms with Gasteiger partial charge in [0.25, 0.3) is 5.91 Å². The average molecular weight is 619 g/mol. The molecule has 5 rings (SSSR count). The summed E-state index contributed by atoms with van der Waals surface area (Å²) in [4.78, 5) is 44.0. The van der Waals surface area contributed by atoms with Gasteiger partial charge in [-0.05, 0) is 79.5 Å². The van der Waals surface area contributed by atoms with E-state index in [0.29, 0.717) is 55.5 Å². The van der Waals surface area contributed by atoms with Gasteiger partial charge in [-0.1, -0.05) is 58.1 Å². The molecule has 2 aromatic rings. The van der Waals surface area contributed by atoms with Crippen LogP contribution in [0.1, 0.15) is 87.6 Å². The van der Waals surface area contributed by atoms with Crippen LogP contribution in [-0.2, 0) is 16.1 Å². The SMILES string of the molecule is CCC(CC)CN1C(=O)[C@@H]([C@H](O)C2CCCCC2)NC(=O)C12CCN(Cc1ccc(Oc3ccc(C(=O)NC)cc3)cc1)CC2. The molecule has 0 radical (unpaired) electrons. The van der Waals surface area contributed by atoms with Gasteiger partial charge in [-0.3, -0.25) is 19.3 Å². The highest BCUT2D eigenvalue weighted by Gasteiger charge is 2.55. The molecule has 0 unspecified atom stereocenters. The van der Waals surface area contributed by atoms with E-state index in [1.54, 1.807) is 31.3 Å². The van der Waals surface area contributed by atoms with Crippen LogP contribution in [0.15, 0.2) is 48.5 Å². The molecular weight excluding hydrogens is 568 g/mol. The number of likely N-dealkylation sites (tertiary alicyclic amines) is 1. The fourth-order valence-electron chi connectivity index (χ4n) is 7.34. The number of hydrogen-bond donors (Lipinski definition) is 3. The average Bonchev–Trinajstić information content (AvgIpc) is 3.08. The number of benzene rings is 2. The van der Waals surface area contributed by atoms with Crippen LogP contribution in [0.25, 0.3) is 0 Å². The topological polar surface area (TPSA) is 111 Å². The first-order valence-corrected chi connectivity index (χ1v) is 16.9. The lowest BCUT2D eigenvalue weighted by molar-refractivity contribution is -0.167. The molecule has 9 heteroatoms. The first kappa shape index (κ1) is 32.9. The van der Waals surface area contributed by atoms with Gasteiger partial charge in [0.1, 0.15) is 23.1 Å². The Labute approximate surface area is 267 Å². The molecule has 45 heavy (non-hydrogen) atoms. The van der Waals surface area contributed by atoms with Gasteiger partial charge in [-0.25, -0.2) is 0 Å². The second-order valence-electron chi connectivity index (χ2n) is 13.1. The van der Waals surface area contributed by atoms with Gasteiger partial charge in [-0.2, -0.15) is 0 Å². The van der Waals surface area contributed by atoms with Gasteiger partial charge in [-0.15, -0.1) is 0 Å². The third-order valence-electron chi connectivity index (χ3n) is 10.4. The number of carbonyl (C=O) groups excluding carboxylic acids is 3. The van der Waals surface area contributed by atoms with Crippen molar-refractivity contribution in [3.05, 3.63) is 59.7 Å². The van der Waals surface area contributed by atoms with Crippen LogP contribution in [0.3, 0.4) is 0 Å². The standard InChI is InChI=1S/C36H50N4O5/c1-4-25(5-2)24-40-34(43)31(32(41)27-9-7-6-8-10-27)38-35(44)36(40)19-21-39(22-20-36)23-26-11-15-29(16-12-26)45-30-17-13-28(14-18-30)33(42)37-3/h11-18,25,27,31-32,41H,4-10,19-24H2,1-3H3,(H,37,42)(H,38,44)/t31-,32-/m1/s1. The maximum Gasteiger partial charge on any atom is 0.251 e. The summed E-state index contributed by atoms with van der Waals surface area (Å²) in [6.45, 7) is 6.99. The Hall–Kier alpha value is -3.43. The van der Waals surface area contributed by atoms with Gasteiger partial charge in [0.15, 0.2) is 0 Å². The predicted octanol–water partition coefficient (Wildman–Crippen LogP) is 4.88. The lowest BCUT2D eigenvalue weighted by atomic mass is 9.77. The van der Waals surface area contributed by atoms with E-state index in [1.807, 2.05) is 29.2 Å². The number of carbonyl (C=O) groups is 3.